The highest BCUT2D eigenvalue weighted by atomic mass is 16.5. The third-order valence-corrected chi connectivity index (χ3v) is 5.83. The summed E-state index contributed by atoms with van der Waals surface area (Å²) in [7, 11) is 4.03. The van der Waals surface area contributed by atoms with Crippen molar-refractivity contribution < 1.29 is 4.74 Å². The first-order chi connectivity index (χ1) is 17.5. The number of hydrogen-bond acceptors (Lipinski definition) is 8. The van der Waals surface area contributed by atoms with Crippen LogP contribution >= 0.6 is 0 Å². The van der Waals surface area contributed by atoms with E-state index in [1.807, 2.05) is 50.0 Å². The van der Waals surface area contributed by atoms with Crippen LogP contribution in [0.25, 0.3) is 50.5 Å². The zero-order valence-corrected chi connectivity index (χ0v) is 20.1. The van der Waals surface area contributed by atoms with Crippen molar-refractivity contribution in [2.45, 2.75) is 6.92 Å². The van der Waals surface area contributed by atoms with Crippen molar-refractivity contribution in [1.82, 2.24) is 49.6 Å². The van der Waals surface area contributed by atoms with Gasteiger partial charge in [-0.25, -0.2) is 19.9 Å². The number of aromatic amines is 2. The van der Waals surface area contributed by atoms with Gasteiger partial charge in [0.05, 0.1) is 22.8 Å². The Bertz CT molecular complexity index is 1680. The summed E-state index contributed by atoms with van der Waals surface area (Å²) in [6.07, 6.45) is 10.7. The molecule has 0 aromatic carbocycles. The number of ether oxygens (including phenoxy) is 1. The van der Waals surface area contributed by atoms with Crippen LogP contribution in [0, 0.1) is 6.92 Å². The molecule has 0 amide bonds. The van der Waals surface area contributed by atoms with Gasteiger partial charge < -0.3 is 14.6 Å². The maximum Gasteiger partial charge on any atom is 0.166 e. The van der Waals surface area contributed by atoms with Crippen molar-refractivity contribution in [3.8, 4) is 34.2 Å². The zero-order chi connectivity index (χ0) is 24.6. The van der Waals surface area contributed by atoms with Crippen molar-refractivity contribution in [2.24, 2.45) is 0 Å². The second-order valence-corrected chi connectivity index (χ2v) is 8.79. The highest BCUT2D eigenvalue weighted by molar-refractivity contribution is 5.94. The molecular weight excluding hydrogens is 456 g/mol. The van der Waals surface area contributed by atoms with Crippen molar-refractivity contribution in [3.05, 3.63) is 61.2 Å². The van der Waals surface area contributed by atoms with Crippen LogP contribution in [0.1, 0.15) is 5.69 Å². The molecule has 0 fully saturated rings. The Kier molecular flexibility index (Phi) is 5.38. The molecule has 0 radical (unpaired) electrons. The number of nitrogens with zero attached hydrogens (tertiary/aromatic N) is 8. The quantitative estimate of drug-likeness (QED) is 0.356. The molecule has 6 aromatic heterocycles. The van der Waals surface area contributed by atoms with E-state index in [1.165, 1.54) is 0 Å². The fraction of sp³-hybridized carbons (Fsp3) is 0.200. The van der Waals surface area contributed by atoms with Crippen molar-refractivity contribution in [3.63, 3.8) is 0 Å². The Hall–Kier alpha value is -4.64. The van der Waals surface area contributed by atoms with Gasteiger partial charge in [-0.05, 0) is 39.2 Å². The molecule has 0 saturated heterocycles. The number of aromatic nitrogens is 9. The topological polar surface area (TPSA) is 126 Å². The lowest BCUT2D eigenvalue weighted by Gasteiger charge is -2.11. The fourth-order valence-electron chi connectivity index (χ4n) is 4.00. The summed E-state index contributed by atoms with van der Waals surface area (Å²) in [6.45, 7) is 3.35. The minimum absolute atomic E-state index is 0.586. The van der Waals surface area contributed by atoms with Crippen molar-refractivity contribution >= 4 is 22.1 Å². The van der Waals surface area contributed by atoms with E-state index in [1.54, 1.807) is 31.1 Å². The minimum atomic E-state index is 0.586. The monoisotopic (exact) mass is 480 g/mol. The van der Waals surface area contributed by atoms with E-state index >= 15 is 0 Å². The average molecular weight is 481 g/mol. The first-order valence-corrected chi connectivity index (χ1v) is 11.5. The minimum Gasteiger partial charge on any atom is -0.491 e. The zero-order valence-electron chi connectivity index (χ0n) is 20.1. The van der Waals surface area contributed by atoms with E-state index in [0.29, 0.717) is 35.3 Å². The SMILES string of the molecule is Cc1cn(-c2nccc3[nH]c(-c4n[nH]c5ncc(-c6cncc(OCCN(C)C)c6)cc45)nc23)cn1. The van der Waals surface area contributed by atoms with Crippen LogP contribution < -0.4 is 4.74 Å². The molecule has 11 nitrogen and oxygen atoms in total. The second-order valence-electron chi connectivity index (χ2n) is 8.79. The summed E-state index contributed by atoms with van der Waals surface area (Å²) in [5, 5.41) is 8.37. The molecule has 0 atom stereocenters. The molecule has 0 unspecified atom stereocenters. The summed E-state index contributed by atoms with van der Waals surface area (Å²) in [5.41, 5.74) is 5.65. The van der Waals surface area contributed by atoms with E-state index in [4.69, 9.17) is 9.72 Å². The Morgan fingerprint density at radius 1 is 1.06 bits per heavy atom. The van der Waals surface area contributed by atoms with Crippen LogP contribution in [-0.2, 0) is 0 Å². The number of H-pyrrole nitrogens is 2. The van der Waals surface area contributed by atoms with E-state index < -0.39 is 0 Å². The summed E-state index contributed by atoms with van der Waals surface area (Å²) in [6, 6.07) is 5.90. The predicted octanol–water partition coefficient (Wildman–Crippen LogP) is 3.39. The van der Waals surface area contributed by atoms with E-state index in [2.05, 4.69) is 40.0 Å². The largest absolute Gasteiger partial charge is 0.491 e. The number of aryl methyl sites for hydroxylation is 1. The van der Waals surface area contributed by atoms with Gasteiger partial charge in [-0.15, -0.1) is 0 Å². The van der Waals surface area contributed by atoms with E-state index in [9.17, 15) is 0 Å². The van der Waals surface area contributed by atoms with Gasteiger partial charge in [-0.1, -0.05) is 0 Å². The lowest BCUT2D eigenvalue weighted by Crippen LogP contribution is -2.19. The third kappa shape index (κ3) is 4.05. The van der Waals surface area contributed by atoms with Gasteiger partial charge >= 0.3 is 0 Å². The molecule has 6 rings (SSSR count). The van der Waals surface area contributed by atoms with Crippen molar-refractivity contribution in [1.29, 1.82) is 0 Å². The maximum atomic E-state index is 5.86. The molecule has 0 bridgehead atoms. The molecule has 6 heterocycles. The van der Waals surface area contributed by atoms with Crippen LogP contribution in [0.3, 0.4) is 0 Å². The molecule has 6 aromatic rings. The molecule has 11 heteroatoms. The van der Waals surface area contributed by atoms with Gasteiger partial charge in [0.2, 0.25) is 0 Å². The molecule has 0 spiro atoms. The third-order valence-electron chi connectivity index (χ3n) is 5.83. The standard InChI is InChI=1S/C25H24N10O/c1-15-13-35(14-29-15)25-22-20(4-5-27-25)30-24(31-22)21-19-9-17(11-28-23(19)33-32-21)16-8-18(12-26-10-16)36-7-6-34(2)3/h4-5,8-14H,6-7H2,1-3H3,(H,30,31)(H,28,32,33). The summed E-state index contributed by atoms with van der Waals surface area (Å²) >= 11 is 0. The van der Waals surface area contributed by atoms with Crippen LogP contribution in [0.4, 0.5) is 0 Å². The van der Waals surface area contributed by atoms with Gasteiger partial charge in [-0.2, -0.15) is 5.10 Å². The molecule has 180 valence electrons. The van der Waals surface area contributed by atoms with Crippen molar-refractivity contribution in [2.75, 3.05) is 27.2 Å². The number of imidazole rings is 2. The Labute approximate surface area is 206 Å². The smallest absolute Gasteiger partial charge is 0.166 e. The van der Waals surface area contributed by atoms with Gasteiger partial charge in [0.1, 0.15) is 29.9 Å². The number of likely N-dealkylation sites (N-methyl/N-ethyl adjacent to an activating group) is 1. The van der Waals surface area contributed by atoms with Gasteiger partial charge in [0, 0.05) is 42.5 Å². The van der Waals surface area contributed by atoms with E-state index in [0.717, 1.165) is 39.8 Å². The average Bonchev–Trinajstić information content (AvgIpc) is 3.61. The van der Waals surface area contributed by atoms with E-state index in [-0.39, 0.29) is 0 Å². The Morgan fingerprint density at radius 3 is 2.78 bits per heavy atom. The Morgan fingerprint density at radius 2 is 1.94 bits per heavy atom. The molecule has 2 N–H and O–H groups in total. The van der Waals surface area contributed by atoms with Crippen LogP contribution in [-0.4, -0.2) is 76.8 Å². The second kappa shape index (κ2) is 8.86. The molecule has 0 aliphatic carbocycles. The lowest BCUT2D eigenvalue weighted by atomic mass is 10.1. The number of pyridine rings is 3. The molecular formula is C25H24N10O. The molecule has 0 aliphatic rings. The maximum absolute atomic E-state index is 5.86. The number of fused-ring (bicyclic) bond motifs is 2. The molecule has 0 aliphatic heterocycles. The number of hydrogen-bond donors (Lipinski definition) is 2. The highest BCUT2D eigenvalue weighted by Gasteiger charge is 2.17. The van der Waals surface area contributed by atoms with Gasteiger partial charge in [0.15, 0.2) is 17.3 Å². The molecule has 36 heavy (non-hydrogen) atoms. The number of rotatable bonds is 7. The van der Waals surface area contributed by atoms with Gasteiger partial charge in [-0.3, -0.25) is 14.6 Å². The summed E-state index contributed by atoms with van der Waals surface area (Å²) in [4.78, 5) is 28.1. The van der Waals surface area contributed by atoms with Crippen LogP contribution in [0.15, 0.2) is 55.5 Å². The summed E-state index contributed by atoms with van der Waals surface area (Å²) in [5.74, 6) is 2.04. The van der Waals surface area contributed by atoms with Crippen LogP contribution in [0.5, 0.6) is 5.75 Å². The highest BCUT2D eigenvalue weighted by Crippen LogP contribution is 2.30. The fourth-order valence-corrected chi connectivity index (χ4v) is 4.00. The first kappa shape index (κ1) is 21.9. The predicted molar refractivity (Wildman–Crippen MR) is 136 cm³/mol. The first-order valence-electron chi connectivity index (χ1n) is 11.5. The lowest BCUT2D eigenvalue weighted by molar-refractivity contribution is 0.261. The Balaban J connectivity index is 1.37. The summed E-state index contributed by atoms with van der Waals surface area (Å²) < 4.78 is 7.72. The normalized spacial score (nSPS) is 11.7. The van der Waals surface area contributed by atoms with Gasteiger partial charge in [0.25, 0.3) is 0 Å². The van der Waals surface area contributed by atoms with Crippen LogP contribution in [0.2, 0.25) is 0 Å². The molecule has 0 saturated carbocycles. The number of nitrogens with one attached hydrogen (secondary N) is 2.